The van der Waals surface area contributed by atoms with Crippen molar-refractivity contribution in [2.45, 2.75) is 32.6 Å². The topological polar surface area (TPSA) is 75.3 Å². The predicted molar refractivity (Wildman–Crippen MR) is 70.4 cm³/mol. The average Bonchev–Trinajstić information content (AvgIpc) is 2.32. The first kappa shape index (κ1) is 14.3. The molecule has 0 amide bonds. The molecule has 0 radical (unpaired) electrons. The summed E-state index contributed by atoms with van der Waals surface area (Å²) in [6.07, 6.45) is 4.42. The summed E-state index contributed by atoms with van der Waals surface area (Å²) in [5, 5.41) is 11.8. The third kappa shape index (κ3) is 3.91. The molecule has 0 aliphatic rings. The monoisotopic (exact) mass is 254 g/mol. The number of benzene rings is 1. The Morgan fingerprint density at radius 1 is 1.39 bits per heavy atom. The van der Waals surface area contributed by atoms with Gasteiger partial charge in [-0.2, -0.15) is 0 Å². The smallest absolute Gasteiger partial charge is 0.338 e. The highest BCUT2D eigenvalue weighted by Gasteiger charge is 2.13. The number of nitrogens with two attached hydrogens (primary N) is 1. The summed E-state index contributed by atoms with van der Waals surface area (Å²) < 4.78 is 13.4. The maximum absolute atomic E-state index is 13.4. The lowest BCUT2D eigenvalue weighted by Gasteiger charge is -2.10. The van der Waals surface area contributed by atoms with Crippen LogP contribution < -0.4 is 11.1 Å². The number of anilines is 2. The molecule has 0 saturated heterocycles. The van der Waals surface area contributed by atoms with E-state index >= 15 is 0 Å². The summed E-state index contributed by atoms with van der Waals surface area (Å²) in [6, 6.07) is 2.28. The number of halogens is 1. The Hall–Kier alpha value is -1.78. The molecule has 0 aliphatic heterocycles. The minimum Gasteiger partial charge on any atom is -0.478 e. The second-order valence-electron chi connectivity index (χ2n) is 4.21. The number of rotatable bonds is 7. The average molecular weight is 254 g/mol. The van der Waals surface area contributed by atoms with Crippen LogP contribution in [0.2, 0.25) is 0 Å². The lowest BCUT2D eigenvalue weighted by molar-refractivity contribution is 0.0692. The SMILES string of the molecule is CCCCCCNc1cc(F)c(C(=O)O)cc1N. The third-order valence-corrected chi connectivity index (χ3v) is 2.72. The van der Waals surface area contributed by atoms with Gasteiger partial charge in [0, 0.05) is 6.54 Å². The molecule has 0 aromatic heterocycles. The number of nitrogen functional groups attached to an aromatic ring is 1. The van der Waals surface area contributed by atoms with Gasteiger partial charge in [-0.15, -0.1) is 0 Å². The number of hydrogen-bond acceptors (Lipinski definition) is 3. The van der Waals surface area contributed by atoms with Crippen LogP contribution >= 0.6 is 0 Å². The van der Waals surface area contributed by atoms with Gasteiger partial charge in [-0.3, -0.25) is 0 Å². The number of aromatic carboxylic acids is 1. The van der Waals surface area contributed by atoms with Crippen LogP contribution in [-0.4, -0.2) is 17.6 Å². The van der Waals surface area contributed by atoms with E-state index in [0.717, 1.165) is 31.4 Å². The first-order valence-electron chi connectivity index (χ1n) is 6.12. The van der Waals surface area contributed by atoms with Crippen molar-refractivity contribution in [2.24, 2.45) is 0 Å². The molecular formula is C13H19FN2O2. The van der Waals surface area contributed by atoms with Gasteiger partial charge >= 0.3 is 5.97 Å². The summed E-state index contributed by atoms with van der Waals surface area (Å²) in [6.45, 7) is 2.83. The number of carbonyl (C=O) groups is 1. The maximum atomic E-state index is 13.4. The molecule has 0 atom stereocenters. The van der Waals surface area contributed by atoms with Crippen LogP contribution in [0.4, 0.5) is 15.8 Å². The third-order valence-electron chi connectivity index (χ3n) is 2.72. The van der Waals surface area contributed by atoms with E-state index in [0.29, 0.717) is 12.2 Å². The van der Waals surface area contributed by atoms with E-state index in [1.54, 1.807) is 0 Å². The van der Waals surface area contributed by atoms with Crippen molar-refractivity contribution in [3.05, 3.63) is 23.5 Å². The van der Waals surface area contributed by atoms with E-state index in [1.807, 2.05) is 0 Å². The quantitative estimate of drug-likeness (QED) is 0.516. The van der Waals surface area contributed by atoms with Gasteiger partial charge in [-0.1, -0.05) is 26.2 Å². The van der Waals surface area contributed by atoms with Gasteiger partial charge in [0.25, 0.3) is 0 Å². The van der Waals surface area contributed by atoms with Crippen molar-refractivity contribution in [2.75, 3.05) is 17.6 Å². The molecule has 4 nitrogen and oxygen atoms in total. The van der Waals surface area contributed by atoms with Gasteiger partial charge < -0.3 is 16.2 Å². The Morgan fingerprint density at radius 2 is 2.11 bits per heavy atom. The van der Waals surface area contributed by atoms with E-state index in [9.17, 15) is 9.18 Å². The van der Waals surface area contributed by atoms with Gasteiger partial charge in [0.15, 0.2) is 0 Å². The van der Waals surface area contributed by atoms with Gasteiger partial charge in [0.2, 0.25) is 0 Å². The number of carboxylic acids is 1. The van der Waals surface area contributed by atoms with E-state index in [2.05, 4.69) is 12.2 Å². The van der Waals surface area contributed by atoms with Crippen LogP contribution in [0.5, 0.6) is 0 Å². The molecule has 1 rings (SSSR count). The molecule has 1 aromatic carbocycles. The van der Waals surface area contributed by atoms with Crippen molar-refractivity contribution in [1.29, 1.82) is 0 Å². The molecule has 0 heterocycles. The lowest BCUT2D eigenvalue weighted by atomic mass is 10.1. The zero-order valence-corrected chi connectivity index (χ0v) is 10.5. The fraction of sp³-hybridized carbons (Fsp3) is 0.462. The van der Waals surface area contributed by atoms with E-state index in [1.165, 1.54) is 6.42 Å². The van der Waals surface area contributed by atoms with Crippen molar-refractivity contribution < 1.29 is 14.3 Å². The Kier molecular flexibility index (Phi) is 5.42. The molecule has 0 aliphatic carbocycles. The molecule has 5 heteroatoms. The second-order valence-corrected chi connectivity index (χ2v) is 4.21. The predicted octanol–water partition coefficient (Wildman–Crippen LogP) is 3.10. The van der Waals surface area contributed by atoms with E-state index < -0.39 is 17.3 Å². The van der Waals surface area contributed by atoms with E-state index in [4.69, 9.17) is 10.8 Å². The molecule has 100 valence electrons. The van der Waals surface area contributed by atoms with Crippen LogP contribution in [0.1, 0.15) is 43.0 Å². The summed E-state index contributed by atoms with van der Waals surface area (Å²) in [5.41, 5.74) is 5.98. The molecule has 0 fully saturated rings. The summed E-state index contributed by atoms with van der Waals surface area (Å²) in [5.74, 6) is -2.08. The summed E-state index contributed by atoms with van der Waals surface area (Å²) in [4.78, 5) is 10.7. The Labute approximate surface area is 106 Å². The first-order valence-corrected chi connectivity index (χ1v) is 6.12. The van der Waals surface area contributed by atoms with Crippen LogP contribution in [0.25, 0.3) is 0 Å². The maximum Gasteiger partial charge on any atom is 0.338 e. The Morgan fingerprint density at radius 3 is 2.72 bits per heavy atom. The lowest BCUT2D eigenvalue weighted by Crippen LogP contribution is -2.08. The first-order chi connectivity index (χ1) is 8.56. The van der Waals surface area contributed by atoms with Crippen molar-refractivity contribution >= 4 is 17.3 Å². The normalized spacial score (nSPS) is 10.3. The van der Waals surface area contributed by atoms with Gasteiger partial charge in [0.1, 0.15) is 5.82 Å². The van der Waals surface area contributed by atoms with Crippen LogP contribution in [0, 0.1) is 5.82 Å². The molecule has 0 saturated carbocycles. The van der Waals surface area contributed by atoms with Crippen LogP contribution in [0.3, 0.4) is 0 Å². The molecule has 0 unspecified atom stereocenters. The molecule has 1 aromatic rings. The van der Waals surface area contributed by atoms with Crippen LogP contribution in [-0.2, 0) is 0 Å². The van der Waals surface area contributed by atoms with Gasteiger partial charge in [-0.25, -0.2) is 9.18 Å². The largest absolute Gasteiger partial charge is 0.478 e. The summed E-state index contributed by atoms with van der Waals surface area (Å²) in [7, 11) is 0. The fourth-order valence-electron chi connectivity index (χ4n) is 1.68. The molecular weight excluding hydrogens is 235 g/mol. The number of carboxylic acid groups (broad SMARTS) is 1. The minimum atomic E-state index is -1.31. The Bertz CT molecular complexity index is 422. The molecule has 0 bridgehead atoms. The molecule has 18 heavy (non-hydrogen) atoms. The Balaban J connectivity index is 2.62. The van der Waals surface area contributed by atoms with Gasteiger partial charge in [0.05, 0.1) is 16.9 Å². The molecule has 0 spiro atoms. The summed E-state index contributed by atoms with van der Waals surface area (Å²) >= 11 is 0. The highest BCUT2D eigenvalue weighted by Crippen LogP contribution is 2.23. The number of unbranched alkanes of at least 4 members (excludes halogenated alkanes) is 3. The van der Waals surface area contributed by atoms with E-state index in [-0.39, 0.29) is 5.69 Å². The zero-order chi connectivity index (χ0) is 13.5. The zero-order valence-electron chi connectivity index (χ0n) is 10.5. The highest BCUT2D eigenvalue weighted by molar-refractivity contribution is 5.90. The van der Waals surface area contributed by atoms with Crippen LogP contribution in [0.15, 0.2) is 12.1 Å². The second kappa shape index (κ2) is 6.83. The number of nitrogens with one attached hydrogen (secondary N) is 1. The van der Waals surface area contributed by atoms with Crippen molar-refractivity contribution in [3.8, 4) is 0 Å². The molecule has 4 N–H and O–H groups in total. The number of hydrogen-bond donors (Lipinski definition) is 3. The van der Waals surface area contributed by atoms with Crippen molar-refractivity contribution in [3.63, 3.8) is 0 Å². The van der Waals surface area contributed by atoms with Crippen molar-refractivity contribution in [1.82, 2.24) is 0 Å². The minimum absolute atomic E-state index is 0.254. The van der Waals surface area contributed by atoms with Gasteiger partial charge in [-0.05, 0) is 18.6 Å². The fourth-order valence-corrected chi connectivity index (χ4v) is 1.68. The highest BCUT2D eigenvalue weighted by atomic mass is 19.1. The standard InChI is InChI=1S/C13H19FN2O2/c1-2-3-4-5-6-16-12-8-10(14)9(13(17)18)7-11(12)15/h7-8,16H,2-6,15H2,1H3,(H,17,18).